The summed E-state index contributed by atoms with van der Waals surface area (Å²) in [4.78, 5) is 0. The van der Waals surface area contributed by atoms with Gasteiger partial charge >= 0.3 is 5.51 Å². The van der Waals surface area contributed by atoms with E-state index in [0.717, 1.165) is 6.42 Å². The average Bonchev–Trinajstić information content (AvgIpc) is 2.09. The van der Waals surface area contributed by atoms with E-state index in [4.69, 9.17) is 4.74 Å². The molecular formula is C9H18F3NOS. The van der Waals surface area contributed by atoms with Gasteiger partial charge in [0.2, 0.25) is 0 Å². The van der Waals surface area contributed by atoms with Gasteiger partial charge in [0, 0.05) is 19.4 Å². The Morgan fingerprint density at radius 1 is 1.20 bits per heavy atom. The maximum absolute atomic E-state index is 11.7. The highest BCUT2D eigenvalue weighted by Crippen LogP contribution is 2.29. The molecule has 92 valence electrons. The van der Waals surface area contributed by atoms with Gasteiger partial charge in [0.25, 0.3) is 0 Å². The topological polar surface area (TPSA) is 21.3 Å². The van der Waals surface area contributed by atoms with E-state index in [1.807, 2.05) is 13.8 Å². The first-order chi connectivity index (χ1) is 6.77. The first-order valence-electron chi connectivity index (χ1n) is 4.73. The van der Waals surface area contributed by atoms with Crippen molar-refractivity contribution < 1.29 is 17.9 Å². The summed E-state index contributed by atoms with van der Waals surface area (Å²) in [5.74, 6) is 0.0525. The number of methoxy groups -OCH3 is 1. The van der Waals surface area contributed by atoms with E-state index >= 15 is 0 Å². The molecule has 0 rings (SSSR count). The van der Waals surface area contributed by atoms with Crippen molar-refractivity contribution in [2.45, 2.75) is 31.4 Å². The largest absolute Gasteiger partial charge is 0.441 e. The first-order valence-corrected chi connectivity index (χ1v) is 5.72. The Kier molecular flexibility index (Phi) is 6.63. The van der Waals surface area contributed by atoms with Crippen molar-refractivity contribution in [3.8, 4) is 0 Å². The summed E-state index contributed by atoms with van der Waals surface area (Å²) in [7, 11) is 1.62. The maximum atomic E-state index is 11.7. The molecule has 6 heteroatoms. The summed E-state index contributed by atoms with van der Waals surface area (Å²) in [5.41, 5.74) is -4.34. The minimum Gasteiger partial charge on any atom is -0.379 e. The monoisotopic (exact) mass is 245 g/mol. The molecule has 0 aliphatic heterocycles. The molecule has 1 N–H and O–H groups in total. The lowest BCUT2D eigenvalue weighted by Crippen LogP contribution is -2.30. The molecule has 0 aromatic rings. The van der Waals surface area contributed by atoms with E-state index in [0.29, 0.717) is 13.1 Å². The Balaban J connectivity index is 3.33. The molecule has 2 nitrogen and oxygen atoms in total. The van der Waals surface area contributed by atoms with Crippen LogP contribution in [0.4, 0.5) is 13.2 Å². The molecule has 0 amide bonds. The second-order valence-corrected chi connectivity index (χ2v) is 4.92. The SMILES string of the molecule is COC(C)(C)CCNCCSC(F)(F)F. The van der Waals surface area contributed by atoms with Crippen molar-refractivity contribution in [1.29, 1.82) is 0 Å². The fourth-order valence-corrected chi connectivity index (χ4v) is 1.33. The highest BCUT2D eigenvalue weighted by Gasteiger charge is 2.27. The summed E-state index contributed by atoms with van der Waals surface area (Å²) in [6, 6.07) is 0. The van der Waals surface area contributed by atoms with Crippen LogP contribution in [0, 0.1) is 0 Å². The quantitative estimate of drug-likeness (QED) is 0.697. The smallest absolute Gasteiger partial charge is 0.379 e. The molecule has 0 aromatic carbocycles. The van der Waals surface area contributed by atoms with Crippen LogP contribution in [-0.4, -0.2) is 37.1 Å². The second-order valence-electron chi connectivity index (χ2n) is 3.76. The van der Waals surface area contributed by atoms with Crippen LogP contribution < -0.4 is 5.32 Å². The van der Waals surface area contributed by atoms with Crippen molar-refractivity contribution in [2.75, 3.05) is 26.0 Å². The molecule has 0 atom stereocenters. The van der Waals surface area contributed by atoms with E-state index in [-0.39, 0.29) is 23.1 Å². The molecule has 0 saturated heterocycles. The van der Waals surface area contributed by atoms with Gasteiger partial charge in [-0.25, -0.2) is 0 Å². The van der Waals surface area contributed by atoms with Crippen LogP contribution in [0.2, 0.25) is 0 Å². The van der Waals surface area contributed by atoms with Crippen molar-refractivity contribution in [2.24, 2.45) is 0 Å². The van der Waals surface area contributed by atoms with Crippen LogP contribution in [0.5, 0.6) is 0 Å². The van der Waals surface area contributed by atoms with E-state index in [9.17, 15) is 13.2 Å². The lowest BCUT2D eigenvalue weighted by Gasteiger charge is -2.22. The average molecular weight is 245 g/mol. The third kappa shape index (κ3) is 10.3. The Bertz CT molecular complexity index is 173. The number of hydrogen-bond acceptors (Lipinski definition) is 3. The Hall–Kier alpha value is 0.0600. The van der Waals surface area contributed by atoms with Gasteiger partial charge in [-0.05, 0) is 38.6 Å². The molecule has 15 heavy (non-hydrogen) atoms. The van der Waals surface area contributed by atoms with Crippen LogP contribution in [0.1, 0.15) is 20.3 Å². The molecule has 0 aliphatic rings. The Morgan fingerprint density at radius 3 is 2.27 bits per heavy atom. The van der Waals surface area contributed by atoms with Crippen LogP contribution in [0.3, 0.4) is 0 Å². The number of halogens is 3. The summed E-state index contributed by atoms with van der Waals surface area (Å²) in [6.07, 6.45) is 0.778. The highest BCUT2D eigenvalue weighted by atomic mass is 32.2. The zero-order chi connectivity index (χ0) is 11.9. The standard InChI is InChI=1S/C9H18F3NOS/c1-8(2,14-3)4-5-13-6-7-15-9(10,11)12/h13H,4-7H2,1-3H3. The molecule has 0 aromatic heterocycles. The summed E-state index contributed by atoms with van der Waals surface area (Å²) >= 11 is 0.00350. The number of nitrogens with one attached hydrogen (secondary N) is 1. The number of rotatable bonds is 7. The first kappa shape index (κ1) is 15.1. The normalized spacial score (nSPS) is 13.2. The zero-order valence-electron chi connectivity index (χ0n) is 9.28. The molecular weight excluding hydrogens is 227 g/mol. The van der Waals surface area contributed by atoms with E-state index in [1.54, 1.807) is 7.11 Å². The molecule has 0 unspecified atom stereocenters. The Morgan fingerprint density at radius 2 is 1.80 bits per heavy atom. The van der Waals surface area contributed by atoms with Crippen LogP contribution in [0.25, 0.3) is 0 Å². The summed E-state index contributed by atoms with van der Waals surface area (Å²) < 4.78 is 40.3. The van der Waals surface area contributed by atoms with Gasteiger partial charge in [-0.15, -0.1) is 0 Å². The Labute approximate surface area is 92.9 Å². The fraction of sp³-hybridized carbons (Fsp3) is 1.00. The number of alkyl halides is 3. The minimum absolute atomic E-state index is 0.00350. The lowest BCUT2D eigenvalue weighted by atomic mass is 10.1. The van der Waals surface area contributed by atoms with Crippen molar-refractivity contribution in [3.63, 3.8) is 0 Å². The van der Waals surface area contributed by atoms with Gasteiger partial charge in [0.05, 0.1) is 5.60 Å². The van der Waals surface area contributed by atoms with Gasteiger partial charge in [0.15, 0.2) is 0 Å². The van der Waals surface area contributed by atoms with Crippen molar-refractivity contribution >= 4 is 11.8 Å². The molecule has 0 aliphatic carbocycles. The van der Waals surface area contributed by atoms with Gasteiger partial charge in [-0.3, -0.25) is 0 Å². The van der Waals surface area contributed by atoms with Crippen molar-refractivity contribution in [3.05, 3.63) is 0 Å². The number of thioether (sulfide) groups is 1. The van der Waals surface area contributed by atoms with E-state index < -0.39 is 5.51 Å². The van der Waals surface area contributed by atoms with Gasteiger partial charge in [-0.2, -0.15) is 13.2 Å². The van der Waals surface area contributed by atoms with Crippen LogP contribution in [0.15, 0.2) is 0 Å². The third-order valence-corrected chi connectivity index (χ3v) is 2.74. The summed E-state index contributed by atoms with van der Waals surface area (Å²) in [5, 5.41) is 2.95. The number of hydrogen-bond donors (Lipinski definition) is 1. The van der Waals surface area contributed by atoms with E-state index in [1.165, 1.54) is 0 Å². The molecule has 0 radical (unpaired) electrons. The third-order valence-electron chi connectivity index (χ3n) is 2.00. The van der Waals surface area contributed by atoms with E-state index in [2.05, 4.69) is 5.32 Å². The predicted molar refractivity (Wildman–Crippen MR) is 57.1 cm³/mol. The lowest BCUT2D eigenvalue weighted by molar-refractivity contribution is -0.0327. The number of ether oxygens (including phenoxy) is 1. The highest BCUT2D eigenvalue weighted by molar-refractivity contribution is 8.00. The fourth-order valence-electron chi connectivity index (χ4n) is 0.855. The minimum atomic E-state index is -4.12. The molecule has 0 fully saturated rings. The van der Waals surface area contributed by atoms with Crippen LogP contribution in [-0.2, 0) is 4.74 Å². The van der Waals surface area contributed by atoms with Gasteiger partial charge in [-0.1, -0.05) is 0 Å². The second kappa shape index (κ2) is 6.60. The molecule has 0 heterocycles. The van der Waals surface area contributed by atoms with Gasteiger partial charge < -0.3 is 10.1 Å². The molecule has 0 bridgehead atoms. The summed E-state index contributed by atoms with van der Waals surface area (Å²) in [6.45, 7) is 4.92. The van der Waals surface area contributed by atoms with Crippen molar-refractivity contribution in [1.82, 2.24) is 5.32 Å². The maximum Gasteiger partial charge on any atom is 0.441 e. The van der Waals surface area contributed by atoms with Gasteiger partial charge in [0.1, 0.15) is 0 Å². The zero-order valence-corrected chi connectivity index (χ0v) is 10.1. The predicted octanol–water partition coefficient (Wildman–Crippen LogP) is 2.64. The molecule has 0 spiro atoms. The van der Waals surface area contributed by atoms with Crippen LogP contribution >= 0.6 is 11.8 Å². The molecule has 0 saturated carbocycles.